The zero-order valence-electron chi connectivity index (χ0n) is 27.6. The van der Waals surface area contributed by atoms with Crippen LogP contribution in [0.5, 0.6) is 5.75 Å². The van der Waals surface area contributed by atoms with Gasteiger partial charge in [-0.05, 0) is 92.2 Å². The summed E-state index contributed by atoms with van der Waals surface area (Å²) in [4.78, 5) is 47.0. The molecule has 0 aliphatic heterocycles. The molecule has 4 aromatic carbocycles. The van der Waals surface area contributed by atoms with Crippen molar-refractivity contribution in [2.24, 2.45) is 0 Å². The number of nitrogens with zero attached hydrogens (tertiary/aromatic N) is 2. The molecule has 11 heteroatoms. The maximum absolute atomic E-state index is 13.6. The fraction of sp³-hybridized carbons (Fsp3) is 0.158. The minimum Gasteiger partial charge on any atom is -0.494 e. The van der Waals surface area contributed by atoms with Crippen molar-refractivity contribution in [1.82, 2.24) is 10.3 Å². The highest BCUT2D eigenvalue weighted by molar-refractivity contribution is 8.00. The van der Waals surface area contributed by atoms with E-state index in [9.17, 15) is 14.4 Å². The Labute approximate surface area is 294 Å². The van der Waals surface area contributed by atoms with Crippen LogP contribution in [-0.4, -0.2) is 48.7 Å². The van der Waals surface area contributed by atoms with Gasteiger partial charge in [0, 0.05) is 46.9 Å². The zero-order valence-corrected chi connectivity index (χ0v) is 29.2. The minimum absolute atomic E-state index is 0.0883. The molecule has 0 fully saturated rings. The fourth-order valence-electron chi connectivity index (χ4n) is 4.64. The number of ether oxygens (including phenoxy) is 1. The van der Waals surface area contributed by atoms with Crippen LogP contribution in [0.4, 0.5) is 16.5 Å². The number of hydrogen-bond donors (Lipinski definition) is 3. The molecule has 1 atom stereocenters. The van der Waals surface area contributed by atoms with E-state index in [2.05, 4.69) is 20.9 Å². The predicted octanol–water partition coefficient (Wildman–Crippen LogP) is 7.80. The second-order valence-electron chi connectivity index (χ2n) is 11.1. The van der Waals surface area contributed by atoms with Gasteiger partial charge in [0.1, 0.15) is 11.4 Å². The number of hydrogen-bond acceptors (Lipinski definition) is 8. The molecule has 0 saturated carbocycles. The van der Waals surface area contributed by atoms with Crippen molar-refractivity contribution in [3.8, 4) is 17.0 Å². The molecule has 1 heterocycles. The van der Waals surface area contributed by atoms with Crippen LogP contribution in [0.25, 0.3) is 17.3 Å². The summed E-state index contributed by atoms with van der Waals surface area (Å²) in [6.07, 6.45) is 1.64. The van der Waals surface area contributed by atoms with Gasteiger partial charge >= 0.3 is 0 Å². The predicted molar refractivity (Wildman–Crippen MR) is 200 cm³/mol. The van der Waals surface area contributed by atoms with E-state index >= 15 is 0 Å². The lowest BCUT2D eigenvalue weighted by atomic mass is 10.1. The first kappa shape index (κ1) is 34.9. The minimum atomic E-state index is -0.485. The number of rotatable bonds is 13. The van der Waals surface area contributed by atoms with Crippen LogP contribution in [0.2, 0.25) is 0 Å². The van der Waals surface area contributed by atoms with E-state index in [1.165, 1.54) is 23.1 Å². The number of amides is 3. The SMILES string of the molecule is CCOc1ccc(-c2csc(NC(=O)C(C)Sc3cccc(NC(=O)/C(=C\c4ccc(N(C)C)cc4)NC(=O)c4ccccc4)c3)n2)cc1. The van der Waals surface area contributed by atoms with Crippen LogP contribution in [0, 0.1) is 0 Å². The third-order valence-electron chi connectivity index (χ3n) is 7.22. The second kappa shape index (κ2) is 16.6. The third-order valence-corrected chi connectivity index (χ3v) is 9.07. The highest BCUT2D eigenvalue weighted by Gasteiger charge is 2.19. The molecular weight excluding hydrogens is 655 g/mol. The smallest absolute Gasteiger partial charge is 0.272 e. The number of thioether (sulfide) groups is 1. The van der Waals surface area contributed by atoms with E-state index < -0.39 is 17.1 Å². The van der Waals surface area contributed by atoms with Crippen LogP contribution >= 0.6 is 23.1 Å². The van der Waals surface area contributed by atoms with E-state index in [0.29, 0.717) is 23.0 Å². The largest absolute Gasteiger partial charge is 0.494 e. The average Bonchev–Trinajstić information content (AvgIpc) is 3.57. The van der Waals surface area contributed by atoms with E-state index in [1.807, 2.05) is 98.9 Å². The standard InChI is InChI=1S/C38H37N5O4S2/c1-5-47-31-20-16-27(17-21-31)34-24-48-38(41-34)42-35(44)25(2)49-32-13-9-12-29(23-32)39-37(46)33(40-36(45)28-10-7-6-8-11-28)22-26-14-18-30(19-15-26)43(3)4/h6-25H,5H2,1-4H3,(H,39,46)(H,40,45)(H,41,42,44)/b33-22+. The lowest BCUT2D eigenvalue weighted by Gasteiger charge is -2.14. The molecule has 1 unspecified atom stereocenters. The van der Waals surface area contributed by atoms with Gasteiger partial charge in [0.15, 0.2) is 5.13 Å². The van der Waals surface area contributed by atoms with Gasteiger partial charge in [0.25, 0.3) is 11.8 Å². The normalized spacial score (nSPS) is 11.7. The van der Waals surface area contributed by atoms with Crippen molar-refractivity contribution in [2.75, 3.05) is 36.2 Å². The van der Waals surface area contributed by atoms with Crippen LogP contribution in [0.3, 0.4) is 0 Å². The number of carbonyl (C=O) groups is 3. The third kappa shape index (κ3) is 9.82. The first-order valence-electron chi connectivity index (χ1n) is 15.6. The molecular formula is C38H37N5O4S2. The molecule has 0 aliphatic carbocycles. The van der Waals surface area contributed by atoms with Gasteiger partial charge in [-0.1, -0.05) is 36.4 Å². The second-order valence-corrected chi connectivity index (χ2v) is 13.4. The molecule has 0 radical (unpaired) electrons. The molecule has 250 valence electrons. The van der Waals surface area contributed by atoms with Gasteiger partial charge in [0.05, 0.1) is 17.6 Å². The summed E-state index contributed by atoms with van der Waals surface area (Å²) in [5.74, 6) is -0.285. The molecule has 0 saturated heterocycles. The Morgan fingerprint density at radius 1 is 0.918 bits per heavy atom. The van der Waals surface area contributed by atoms with Crippen LogP contribution < -0.4 is 25.6 Å². The van der Waals surface area contributed by atoms with Gasteiger partial charge in [0.2, 0.25) is 5.91 Å². The number of thiazole rings is 1. The van der Waals surface area contributed by atoms with Crippen molar-refractivity contribution in [3.63, 3.8) is 0 Å². The maximum atomic E-state index is 13.6. The molecule has 0 spiro atoms. The lowest BCUT2D eigenvalue weighted by Crippen LogP contribution is -2.30. The lowest BCUT2D eigenvalue weighted by molar-refractivity contribution is -0.115. The number of aromatic nitrogens is 1. The van der Waals surface area contributed by atoms with E-state index in [0.717, 1.165) is 33.2 Å². The van der Waals surface area contributed by atoms with Crippen molar-refractivity contribution in [2.45, 2.75) is 24.0 Å². The number of anilines is 3. The van der Waals surface area contributed by atoms with Crippen molar-refractivity contribution in [3.05, 3.63) is 125 Å². The molecule has 3 amide bonds. The zero-order chi connectivity index (χ0) is 34.8. The summed E-state index contributed by atoms with van der Waals surface area (Å²) in [6.45, 7) is 4.35. The van der Waals surface area contributed by atoms with Crippen LogP contribution in [0.1, 0.15) is 29.8 Å². The topological polar surface area (TPSA) is 113 Å². The number of carbonyl (C=O) groups excluding carboxylic acids is 3. The first-order chi connectivity index (χ1) is 23.7. The quantitative estimate of drug-likeness (QED) is 0.0853. The van der Waals surface area contributed by atoms with Crippen molar-refractivity contribution >= 4 is 63.4 Å². The Bertz CT molecular complexity index is 1920. The number of nitrogens with one attached hydrogen (secondary N) is 3. The monoisotopic (exact) mass is 691 g/mol. The van der Waals surface area contributed by atoms with E-state index in [1.54, 1.807) is 48.5 Å². The molecule has 49 heavy (non-hydrogen) atoms. The van der Waals surface area contributed by atoms with Crippen LogP contribution in [-0.2, 0) is 9.59 Å². The molecule has 5 aromatic rings. The summed E-state index contributed by atoms with van der Waals surface area (Å²) in [5.41, 5.74) is 4.50. The average molecular weight is 692 g/mol. The summed E-state index contributed by atoms with van der Waals surface area (Å²) in [7, 11) is 3.90. The van der Waals surface area contributed by atoms with Crippen LogP contribution in [0.15, 0.2) is 119 Å². The Morgan fingerprint density at radius 2 is 1.65 bits per heavy atom. The molecule has 3 N–H and O–H groups in total. The maximum Gasteiger partial charge on any atom is 0.272 e. The number of benzene rings is 4. The molecule has 9 nitrogen and oxygen atoms in total. The molecule has 0 bridgehead atoms. The van der Waals surface area contributed by atoms with Gasteiger partial charge in [-0.3, -0.25) is 14.4 Å². The molecule has 5 rings (SSSR count). The molecule has 1 aromatic heterocycles. The summed E-state index contributed by atoms with van der Waals surface area (Å²) < 4.78 is 5.51. The van der Waals surface area contributed by atoms with Gasteiger partial charge in [-0.2, -0.15) is 0 Å². The Hall–Kier alpha value is -5.39. The van der Waals surface area contributed by atoms with E-state index in [-0.39, 0.29) is 11.6 Å². The van der Waals surface area contributed by atoms with Gasteiger partial charge in [-0.25, -0.2) is 4.98 Å². The van der Waals surface area contributed by atoms with Crippen molar-refractivity contribution in [1.29, 1.82) is 0 Å². The summed E-state index contributed by atoms with van der Waals surface area (Å²) >= 11 is 2.71. The van der Waals surface area contributed by atoms with Gasteiger partial charge in [-0.15, -0.1) is 23.1 Å². The molecule has 0 aliphatic rings. The first-order valence-corrected chi connectivity index (χ1v) is 17.4. The van der Waals surface area contributed by atoms with E-state index in [4.69, 9.17) is 4.74 Å². The highest BCUT2D eigenvalue weighted by Crippen LogP contribution is 2.29. The summed E-state index contributed by atoms with van der Waals surface area (Å²) in [5, 5.41) is 10.5. The summed E-state index contributed by atoms with van der Waals surface area (Å²) in [6, 6.07) is 31.3. The fourth-order valence-corrected chi connectivity index (χ4v) is 6.29. The Kier molecular flexibility index (Phi) is 11.9. The van der Waals surface area contributed by atoms with Crippen molar-refractivity contribution < 1.29 is 19.1 Å². The van der Waals surface area contributed by atoms with Gasteiger partial charge < -0.3 is 25.6 Å². The Balaban J connectivity index is 1.24. The highest BCUT2D eigenvalue weighted by atomic mass is 32.2. The Morgan fingerprint density at radius 3 is 2.35 bits per heavy atom.